The van der Waals surface area contributed by atoms with Gasteiger partial charge in [0.2, 0.25) is 0 Å². The lowest BCUT2D eigenvalue weighted by molar-refractivity contribution is 0.0698. The van der Waals surface area contributed by atoms with Gasteiger partial charge in [-0.2, -0.15) is 0 Å². The van der Waals surface area contributed by atoms with Crippen molar-refractivity contribution >= 4 is 28.3 Å². The number of urea groups is 1. The smallest absolute Gasteiger partial charge is 0.338 e. The zero-order valence-electron chi connectivity index (χ0n) is 11.5. The van der Waals surface area contributed by atoms with Crippen LogP contribution in [0, 0.1) is 0 Å². The van der Waals surface area contributed by atoms with Crippen LogP contribution in [0.3, 0.4) is 0 Å². The maximum absolute atomic E-state index is 11.6. The van der Waals surface area contributed by atoms with Gasteiger partial charge in [0, 0.05) is 13.1 Å². The summed E-state index contributed by atoms with van der Waals surface area (Å²) in [6, 6.07) is 1.01. The number of rotatable bonds is 8. The van der Waals surface area contributed by atoms with Crippen LogP contribution in [-0.2, 0) is 4.74 Å². The first-order valence-electron chi connectivity index (χ1n) is 6.09. The maximum Gasteiger partial charge on any atom is 0.338 e. The quantitative estimate of drug-likeness (QED) is 0.627. The Kier molecular flexibility index (Phi) is 6.99. The molecular formula is C12H19N3O4S. The molecule has 1 rings (SSSR count). The van der Waals surface area contributed by atoms with E-state index in [0.717, 1.165) is 6.54 Å². The van der Waals surface area contributed by atoms with Crippen LogP contribution < -0.4 is 10.6 Å². The lowest BCUT2D eigenvalue weighted by Crippen LogP contribution is -2.32. The first-order chi connectivity index (χ1) is 9.50. The zero-order chi connectivity index (χ0) is 15.0. The topological polar surface area (TPSA) is 90.9 Å². The van der Waals surface area contributed by atoms with E-state index in [4.69, 9.17) is 9.84 Å². The van der Waals surface area contributed by atoms with Gasteiger partial charge >= 0.3 is 12.0 Å². The molecule has 0 fully saturated rings. The number of anilines is 1. The molecule has 0 aliphatic carbocycles. The summed E-state index contributed by atoms with van der Waals surface area (Å²) in [5.74, 6) is -1.06. The van der Waals surface area contributed by atoms with Gasteiger partial charge in [0.1, 0.15) is 5.00 Å². The fourth-order valence-electron chi connectivity index (χ4n) is 1.31. The Morgan fingerprint density at radius 2 is 2.15 bits per heavy atom. The molecule has 2 amide bonds. The Morgan fingerprint density at radius 1 is 1.40 bits per heavy atom. The van der Waals surface area contributed by atoms with Gasteiger partial charge in [-0.1, -0.05) is 0 Å². The molecule has 0 atom stereocenters. The minimum absolute atomic E-state index is 0.0902. The molecule has 0 saturated carbocycles. The van der Waals surface area contributed by atoms with E-state index in [2.05, 4.69) is 10.6 Å². The molecule has 1 aromatic heterocycles. The number of carboxylic acid groups (broad SMARTS) is 1. The van der Waals surface area contributed by atoms with Gasteiger partial charge in [0.25, 0.3) is 0 Å². The molecule has 0 radical (unpaired) electrons. The SMILES string of the molecule is CN(C)CCOCCNC(=O)Nc1sccc1C(=O)O. The number of carbonyl (C=O) groups excluding carboxylic acids is 1. The third-order valence-corrected chi connectivity index (χ3v) is 3.17. The molecule has 112 valence electrons. The number of nitrogens with zero attached hydrogens (tertiary/aromatic N) is 1. The van der Waals surface area contributed by atoms with Crippen molar-refractivity contribution < 1.29 is 19.4 Å². The first-order valence-corrected chi connectivity index (χ1v) is 6.96. The van der Waals surface area contributed by atoms with Crippen LogP contribution in [-0.4, -0.2) is 62.4 Å². The highest BCUT2D eigenvalue weighted by molar-refractivity contribution is 7.14. The van der Waals surface area contributed by atoms with E-state index in [9.17, 15) is 9.59 Å². The zero-order valence-corrected chi connectivity index (χ0v) is 12.3. The normalized spacial score (nSPS) is 10.6. The Hall–Kier alpha value is -1.64. The van der Waals surface area contributed by atoms with Crippen molar-refractivity contribution in [1.29, 1.82) is 0 Å². The standard InChI is InChI=1S/C12H19N3O4S/c1-15(2)5-7-19-6-4-13-12(18)14-10-9(11(16)17)3-8-20-10/h3,8H,4-7H2,1-2H3,(H,16,17)(H2,13,14,18). The average Bonchev–Trinajstić information content (AvgIpc) is 2.81. The van der Waals surface area contributed by atoms with Crippen LogP contribution in [0.2, 0.25) is 0 Å². The van der Waals surface area contributed by atoms with Crippen LogP contribution in [0.4, 0.5) is 9.80 Å². The Labute approximate surface area is 121 Å². The van der Waals surface area contributed by atoms with Gasteiger partial charge < -0.3 is 20.1 Å². The molecular weight excluding hydrogens is 282 g/mol. The van der Waals surface area contributed by atoms with Crippen molar-refractivity contribution in [3.63, 3.8) is 0 Å². The second-order valence-electron chi connectivity index (χ2n) is 4.27. The largest absolute Gasteiger partial charge is 0.478 e. The van der Waals surface area contributed by atoms with Crippen molar-refractivity contribution in [2.45, 2.75) is 0 Å². The number of hydrogen-bond donors (Lipinski definition) is 3. The summed E-state index contributed by atoms with van der Waals surface area (Å²) in [6.07, 6.45) is 0. The Morgan fingerprint density at radius 3 is 2.80 bits per heavy atom. The summed E-state index contributed by atoms with van der Waals surface area (Å²) in [6.45, 7) is 2.21. The fourth-order valence-corrected chi connectivity index (χ4v) is 2.08. The molecule has 0 aliphatic heterocycles. The van der Waals surface area contributed by atoms with Gasteiger partial charge in [0.05, 0.1) is 18.8 Å². The number of thiophene rings is 1. The highest BCUT2D eigenvalue weighted by Gasteiger charge is 2.13. The summed E-state index contributed by atoms with van der Waals surface area (Å²) in [5, 5.41) is 15.9. The summed E-state index contributed by atoms with van der Waals surface area (Å²) in [7, 11) is 3.91. The van der Waals surface area contributed by atoms with E-state index in [1.807, 2.05) is 19.0 Å². The van der Waals surface area contributed by atoms with Crippen LogP contribution in [0.15, 0.2) is 11.4 Å². The number of carboxylic acids is 1. The molecule has 0 spiro atoms. The summed E-state index contributed by atoms with van der Waals surface area (Å²) in [4.78, 5) is 24.4. The number of amides is 2. The molecule has 1 heterocycles. The second kappa shape index (κ2) is 8.51. The minimum atomic E-state index is -1.06. The number of likely N-dealkylation sites (N-methyl/N-ethyl adjacent to an activating group) is 1. The summed E-state index contributed by atoms with van der Waals surface area (Å²) in [5.41, 5.74) is 0.0902. The summed E-state index contributed by atoms with van der Waals surface area (Å²) >= 11 is 1.17. The summed E-state index contributed by atoms with van der Waals surface area (Å²) < 4.78 is 5.32. The van der Waals surface area contributed by atoms with Gasteiger partial charge in [-0.25, -0.2) is 9.59 Å². The molecule has 8 heteroatoms. The van der Waals surface area contributed by atoms with Gasteiger partial charge in [0.15, 0.2) is 0 Å². The van der Waals surface area contributed by atoms with Crippen LogP contribution in [0.1, 0.15) is 10.4 Å². The van der Waals surface area contributed by atoms with E-state index in [-0.39, 0.29) is 5.56 Å². The number of ether oxygens (including phenoxy) is 1. The van der Waals surface area contributed by atoms with Crippen molar-refractivity contribution in [3.8, 4) is 0 Å². The van der Waals surface area contributed by atoms with E-state index >= 15 is 0 Å². The predicted octanol–water partition coefficient (Wildman–Crippen LogP) is 1.15. The molecule has 0 aromatic carbocycles. The third kappa shape index (κ3) is 6.00. The molecule has 0 unspecified atom stereocenters. The molecule has 0 saturated heterocycles. The van der Waals surface area contributed by atoms with Gasteiger partial charge in [-0.15, -0.1) is 11.3 Å². The Balaban J connectivity index is 2.20. The highest BCUT2D eigenvalue weighted by atomic mass is 32.1. The van der Waals surface area contributed by atoms with E-state index in [1.165, 1.54) is 17.4 Å². The van der Waals surface area contributed by atoms with Gasteiger partial charge in [-0.05, 0) is 25.5 Å². The monoisotopic (exact) mass is 301 g/mol. The van der Waals surface area contributed by atoms with Gasteiger partial charge in [-0.3, -0.25) is 5.32 Å². The van der Waals surface area contributed by atoms with Crippen molar-refractivity contribution in [2.75, 3.05) is 45.7 Å². The lowest BCUT2D eigenvalue weighted by Gasteiger charge is -2.10. The second-order valence-corrected chi connectivity index (χ2v) is 5.18. The van der Waals surface area contributed by atoms with Crippen LogP contribution >= 0.6 is 11.3 Å². The maximum atomic E-state index is 11.6. The molecule has 0 bridgehead atoms. The Bertz CT molecular complexity index is 448. The van der Waals surface area contributed by atoms with E-state index in [1.54, 1.807) is 5.38 Å². The molecule has 7 nitrogen and oxygen atoms in total. The van der Waals surface area contributed by atoms with Crippen molar-refractivity contribution in [1.82, 2.24) is 10.2 Å². The van der Waals surface area contributed by atoms with Crippen molar-refractivity contribution in [2.24, 2.45) is 0 Å². The first kappa shape index (κ1) is 16.4. The van der Waals surface area contributed by atoms with E-state index < -0.39 is 12.0 Å². The highest BCUT2D eigenvalue weighted by Crippen LogP contribution is 2.22. The molecule has 0 aliphatic rings. The number of nitrogens with one attached hydrogen (secondary N) is 2. The van der Waals surface area contributed by atoms with E-state index in [0.29, 0.717) is 24.8 Å². The van der Waals surface area contributed by atoms with Crippen LogP contribution in [0.25, 0.3) is 0 Å². The number of carbonyl (C=O) groups is 2. The predicted molar refractivity (Wildman–Crippen MR) is 77.7 cm³/mol. The van der Waals surface area contributed by atoms with Crippen LogP contribution in [0.5, 0.6) is 0 Å². The minimum Gasteiger partial charge on any atom is -0.478 e. The number of hydrogen-bond acceptors (Lipinski definition) is 5. The lowest BCUT2D eigenvalue weighted by atomic mass is 10.3. The van der Waals surface area contributed by atoms with Crippen molar-refractivity contribution in [3.05, 3.63) is 17.0 Å². The average molecular weight is 301 g/mol. The number of aromatic carboxylic acids is 1. The third-order valence-electron chi connectivity index (χ3n) is 2.34. The fraction of sp³-hybridized carbons (Fsp3) is 0.500. The molecule has 3 N–H and O–H groups in total. The molecule has 1 aromatic rings. The molecule has 20 heavy (non-hydrogen) atoms.